The Morgan fingerprint density at radius 2 is 2.06 bits per heavy atom. The summed E-state index contributed by atoms with van der Waals surface area (Å²) < 4.78 is 8.50. The molecule has 18 heavy (non-hydrogen) atoms. The lowest BCUT2D eigenvalue weighted by Gasteiger charge is -2.08. The van der Waals surface area contributed by atoms with Crippen LogP contribution in [0.25, 0.3) is 0 Å². The number of nitrogens with zero attached hydrogens (tertiary/aromatic N) is 1. The molecule has 1 N–H and O–H groups in total. The van der Waals surface area contributed by atoms with Gasteiger partial charge in [0.05, 0.1) is 18.4 Å². The Morgan fingerprint density at radius 1 is 1.28 bits per heavy atom. The molecule has 0 aliphatic carbocycles. The van der Waals surface area contributed by atoms with E-state index in [9.17, 15) is 9.59 Å². The predicted molar refractivity (Wildman–Crippen MR) is 67.8 cm³/mol. The summed E-state index contributed by atoms with van der Waals surface area (Å²) >= 11 is 1.09. The van der Waals surface area contributed by atoms with E-state index in [0.717, 1.165) is 11.5 Å². The van der Waals surface area contributed by atoms with Gasteiger partial charge >= 0.3 is 5.97 Å². The summed E-state index contributed by atoms with van der Waals surface area (Å²) in [5.74, 6) is -0.788. The predicted octanol–water partition coefficient (Wildman–Crippen LogP) is 2.18. The number of para-hydroxylation sites is 1. The number of nitrogens with one attached hydrogen (secondary N) is 1. The van der Waals surface area contributed by atoms with E-state index < -0.39 is 5.97 Å². The van der Waals surface area contributed by atoms with Crippen molar-refractivity contribution in [1.29, 1.82) is 0 Å². The molecule has 2 aromatic rings. The van der Waals surface area contributed by atoms with E-state index in [-0.39, 0.29) is 5.91 Å². The Morgan fingerprint density at radius 3 is 2.72 bits per heavy atom. The topological polar surface area (TPSA) is 68.3 Å². The van der Waals surface area contributed by atoms with Crippen molar-refractivity contribution in [3.05, 3.63) is 47.0 Å². The van der Waals surface area contributed by atoms with E-state index in [1.165, 1.54) is 7.11 Å². The number of methoxy groups -OCH3 is 1. The summed E-state index contributed by atoms with van der Waals surface area (Å²) in [6, 6.07) is 8.28. The van der Waals surface area contributed by atoms with Crippen molar-refractivity contribution in [3.8, 4) is 0 Å². The lowest BCUT2D eigenvalue weighted by atomic mass is 10.2. The third-order valence-electron chi connectivity index (χ3n) is 2.24. The number of carbonyl (C=O) groups excluding carboxylic acids is 2. The molecule has 0 fully saturated rings. The molecule has 1 heterocycles. The number of carbonyl (C=O) groups is 2. The monoisotopic (exact) mass is 262 g/mol. The summed E-state index contributed by atoms with van der Waals surface area (Å²) in [6.07, 6.45) is 1.55. The van der Waals surface area contributed by atoms with Gasteiger partial charge in [-0.3, -0.25) is 4.79 Å². The van der Waals surface area contributed by atoms with Gasteiger partial charge in [0.25, 0.3) is 5.91 Å². The lowest BCUT2D eigenvalue weighted by molar-refractivity contribution is 0.0602. The zero-order valence-corrected chi connectivity index (χ0v) is 10.4. The second kappa shape index (κ2) is 5.42. The Hall–Kier alpha value is -2.21. The minimum atomic E-state index is -0.491. The van der Waals surface area contributed by atoms with Crippen LogP contribution in [0.1, 0.15) is 20.0 Å². The van der Waals surface area contributed by atoms with Crippen LogP contribution in [-0.2, 0) is 4.74 Å². The van der Waals surface area contributed by atoms with Crippen molar-refractivity contribution in [1.82, 2.24) is 4.37 Å². The van der Waals surface area contributed by atoms with Gasteiger partial charge in [-0.25, -0.2) is 9.17 Å². The molecule has 1 aromatic heterocycles. The fourth-order valence-corrected chi connectivity index (χ4v) is 1.89. The number of anilines is 1. The molecule has 0 saturated carbocycles. The second-order valence-electron chi connectivity index (χ2n) is 3.37. The van der Waals surface area contributed by atoms with Crippen LogP contribution in [0.4, 0.5) is 5.69 Å². The molecule has 0 atom stereocenters. The van der Waals surface area contributed by atoms with Crippen LogP contribution in [0, 0.1) is 0 Å². The summed E-state index contributed by atoms with van der Waals surface area (Å²) in [4.78, 5) is 23.8. The average molecular weight is 262 g/mol. The number of esters is 1. The fraction of sp³-hybridized carbons (Fsp3) is 0.0833. The molecular weight excluding hydrogens is 252 g/mol. The SMILES string of the molecule is COC(=O)c1ccccc1NC(=O)c1ccns1. The molecule has 2 rings (SSSR count). The van der Waals surface area contributed by atoms with Crippen molar-refractivity contribution in [2.75, 3.05) is 12.4 Å². The van der Waals surface area contributed by atoms with Crippen molar-refractivity contribution >= 4 is 29.1 Å². The van der Waals surface area contributed by atoms with E-state index in [2.05, 4.69) is 14.4 Å². The quantitative estimate of drug-likeness (QED) is 0.861. The van der Waals surface area contributed by atoms with E-state index in [0.29, 0.717) is 16.1 Å². The van der Waals surface area contributed by atoms with Crippen molar-refractivity contribution in [3.63, 3.8) is 0 Å². The number of aromatic nitrogens is 1. The zero-order chi connectivity index (χ0) is 13.0. The first kappa shape index (κ1) is 12.3. The lowest BCUT2D eigenvalue weighted by Crippen LogP contribution is -2.14. The maximum atomic E-state index is 11.8. The summed E-state index contributed by atoms with van der Waals surface area (Å²) in [7, 11) is 1.30. The highest BCUT2D eigenvalue weighted by molar-refractivity contribution is 7.08. The van der Waals surface area contributed by atoms with Gasteiger partial charge in [-0.05, 0) is 29.7 Å². The fourth-order valence-electron chi connectivity index (χ4n) is 1.40. The van der Waals surface area contributed by atoms with Crippen LogP contribution < -0.4 is 5.32 Å². The molecule has 0 unspecified atom stereocenters. The maximum Gasteiger partial charge on any atom is 0.339 e. The molecule has 6 heteroatoms. The van der Waals surface area contributed by atoms with Crippen LogP contribution in [0.2, 0.25) is 0 Å². The molecule has 1 aromatic carbocycles. The normalized spacial score (nSPS) is 9.83. The molecule has 0 aliphatic rings. The Labute approximate surface area is 108 Å². The Balaban J connectivity index is 2.24. The number of hydrogen-bond donors (Lipinski definition) is 1. The highest BCUT2D eigenvalue weighted by Gasteiger charge is 2.14. The second-order valence-corrected chi connectivity index (χ2v) is 4.20. The van der Waals surface area contributed by atoms with Crippen LogP contribution >= 0.6 is 11.5 Å². The number of amides is 1. The standard InChI is InChI=1S/C12H10N2O3S/c1-17-12(16)8-4-2-3-5-9(8)14-11(15)10-6-7-13-18-10/h2-7H,1H3,(H,14,15). The van der Waals surface area contributed by atoms with E-state index >= 15 is 0 Å². The number of hydrogen-bond acceptors (Lipinski definition) is 5. The minimum Gasteiger partial charge on any atom is -0.465 e. The van der Waals surface area contributed by atoms with Gasteiger partial charge in [0.2, 0.25) is 0 Å². The molecule has 5 nitrogen and oxygen atoms in total. The Bertz CT molecular complexity index is 566. The first-order valence-corrected chi connectivity index (χ1v) is 5.89. The first-order valence-electron chi connectivity index (χ1n) is 5.11. The first-order chi connectivity index (χ1) is 8.72. The molecule has 1 amide bonds. The van der Waals surface area contributed by atoms with Gasteiger partial charge in [0.1, 0.15) is 4.88 Å². The van der Waals surface area contributed by atoms with E-state index in [1.807, 2.05) is 0 Å². The van der Waals surface area contributed by atoms with Crippen LogP contribution in [0.5, 0.6) is 0 Å². The van der Waals surface area contributed by atoms with Gasteiger partial charge < -0.3 is 10.1 Å². The van der Waals surface area contributed by atoms with Gasteiger partial charge in [-0.1, -0.05) is 12.1 Å². The number of ether oxygens (including phenoxy) is 1. The highest BCUT2D eigenvalue weighted by Crippen LogP contribution is 2.17. The van der Waals surface area contributed by atoms with Crippen molar-refractivity contribution < 1.29 is 14.3 Å². The smallest absolute Gasteiger partial charge is 0.339 e. The van der Waals surface area contributed by atoms with E-state index in [4.69, 9.17) is 0 Å². The van der Waals surface area contributed by atoms with Gasteiger partial charge in [0.15, 0.2) is 0 Å². The number of rotatable bonds is 3. The molecule has 0 saturated heterocycles. The van der Waals surface area contributed by atoms with Gasteiger partial charge in [-0.2, -0.15) is 0 Å². The zero-order valence-electron chi connectivity index (χ0n) is 9.54. The Kier molecular flexibility index (Phi) is 3.69. The third-order valence-corrected chi connectivity index (χ3v) is 2.99. The maximum absolute atomic E-state index is 11.8. The largest absolute Gasteiger partial charge is 0.465 e. The third kappa shape index (κ3) is 2.54. The van der Waals surface area contributed by atoms with Crippen molar-refractivity contribution in [2.24, 2.45) is 0 Å². The molecule has 0 radical (unpaired) electrons. The van der Waals surface area contributed by atoms with Crippen molar-refractivity contribution in [2.45, 2.75) is 0 Å². The number of benzene rings is 1. The summed E-state index contributed by atoms with van der Waals surface area (Å²) in [5.41, 5.74) is 0.737. The molecular formula is C12H10N2O3S. The van der Waals surface area contributed by atoms with E-state index in [1.54, 1.807) is 36.5 Å². The van der Waals surface area contributed by atoms with Crippen LogP contribution in [0.15, 0.2) is 36.5 Å². The molecule has 92 valence electrons. The van der Waals surface area contributed by atoms with Crippen LogP contribution in [-0.4, -0.2) is 23.4 Å². The minimum absolute atomic E-state index is 0.297. The molecule has 0 spiro atoms. The molecule has 0 bridgehead atoms. The van der Waals surface area contributed by atoms with Gasteiger partial charge in [-0.15, -0.1) is 0 Å². The molecule has 0 aliphatic heterocycles. The highest BCUT2D eigenvalue weighted by atomic mass is 32.1. The van der Waals surface area contributed by atoms with Crippen LogP contribution in [0.3, 0.4) is 0 Å². The summed E-state index contributed by atoms with van der Waals surface area (Å²) in [5, 5.41) is 2.66. The summed E-state index contributed by atoms with van der Waals surface area (Å²) in [6.45, 7) is 0. The average Bonchev–Trinajstić information content (AvgIpc) is 2.92. The van der Waals surface area contributed by atoms with Gasteiger partial charge in [0, 0.05) is 6.20 Å².